The van der Waals surface area contributed by atoms with Crippen molar-refractivity contribution in [2.24, 2.45) is 0 Å². The number of pyridine rings is 1. The molecule has 2 rings (SSSR count). The number of nitrogens with zero attached hydrogens (tertiary/aromatic N) is 1. The van der Waals surface area contributed by atoms with E-state index in [1.54, 1.807) is 0 Å². The van der Waals surface area contributed by atoms with Gasteiger partial charge in [-0.2, -0.15) is 0 Å². The Bertz CT molecular complexity index is 404. The molecule has 0 atom stereocenters. The van der Waals surface area contributed by atoms with E-state index in [-0.39, 0.29) is 5.91 Å². The molecule has 17 heavy (non-hydrogen) atoms. The number of anilines is 1. The number of hydrogen-bond acceptors (Lipinski definition) is 3. The summed E-state index contributed by atoms with van der Waals surface area (Å²) in [6.45, 7) is 3.25. The first-order valence-corrected chi connectivity index (χ1v) is 6.29. The minimum atomic E-state index is 0.0844. The molecular formula is C13H19N3O. The second-order valence-corrected chi connectivity index (χ2v) is 4.29. The van der Waals surface area contributed by atoms with Crippen LogP contribution in [0.1, 0.15) is 31.0 Å². The fourth-order valence-electron chi connectivity index (χ4n) is 2.11. The average Bonchev–Trinajstić information content (AvgIpc) is 2.76. The third-order valence-electron chi connectivity index (χ3n) is 2.96. The fraction of sp³-hybridized carbons (Fsp3) is 0.538. The molecule has 1 amide bonds. The molecule has 0 bridgehead atoms. The fourth-order valence-corrected chi connectivity index (χ4v) is 2.11. The number of hydrogen-bond donors (Lipinski definition) is 2. The molecule has 92 valence electrons. The maximum Gasteiger partial charge on any atom is 0.221 e. The van der Waals surface area contributed by atoms with Crippen molar-refractivity contribution in [3.63, 3.8) is 0 Å². The highest BCUT2D eigenvalue weighted by Gasteiger charge is 2.12. The molecule has 0 aromatic carbocycles. The molecule has 0 fully saturated rings. The van der Waals surface area contributed by atoms with Crippen LogP contribution >= 0.6 is 0 Å². The van der Waals surface area contributed by atoms with Crippen molar-refractivity contribution in [1.29, 1.82) is 0 Å². The van der Waals surface area contributed by atoms with E-state index < -0.39 is 0 Å². The van der Waals surface area contributed by atoms with E-state index in [1.807, 2.05) is 13.0 Å². The van der Waals surface area contributed by atoms with Crippen LogP contribution in [-0.2, 0) is 17.6 Å². The van der Waals surface area contributed by atoms with Crippen molar-refractivity contribution in [2.45, 2.75) is 32.6 Å². The second-order valence-electron chi connectivity index (χ2n) is 4.29. The van der Waals surface area contributed by atoms with Crippen LogP contribution in [0.2, 0.25) is 0 Å². The summed E-state index contributed by atoms with van der Waals surface area (Å²) >= 11 is 0. The van der Waals surface area contributed by atoms with Crippen molar-refractivity contribution < 1.29 is 4.79 Å². The SMILES string of the molecule is CCNC(=O)CCNc1ccc2c(n1)CCC2. The zero-order valence-electron chi connectivity index (χ0n) is 10.3. The molecule has 2 N–H and O–H groups in total. The Hall–Kier alpha value is -1.58. The van der Waals surface area contributed by atoms with Crippen molar-refractivity contribution in [1.82, 2.24) is 10.3 Å². The van der Waals surface area contributed by atoms with Crippen molar-refractivity contribution in [3.05, 3.63) is 23.4 Å². The summed E-state index contributed by atoms with van der Waals surface area (Å²) in [5, 5.41) is 5.97. The first kappa shape index (κ1) is 11.9. The Morgan fingerprint density at radius 2 is 2.29 bits per heavy atom. The van der Waals surface area contributed by atoms with E-state index in [1.165, 1.54) is 17.7 Å². The van der Waals surface area contributed by atoms with Gasteiger partial charge in [-0.15, -0.1) is 0 Å². The summed E-state index contributed by atoms with van der Waals surface area (Å²) in [6.07, 6.45) is 3.94. The Labute approximate surface area is 102 Å². The number of carbonyl (C=O) groups is 1. The molecule has 0 saturated carbocycles. The normalized spacial score (nSPS) is 13.2. The van der Waals surface area contributed by atoms with Gasteiger partial charge in [0, 0.05) is 25.2 Å². The summed E-state index contributed by atoms with van der Waals surface area (Å²) in [5.74, 6) is 0.969. The van der Waals surface area contributed by atoms with E-state index in [4.69, 9.17) is 0 Å². The van der Waals surface area contributed by atoms with E-state index >= 15 is 0 Å². The first-order chi connectivity index (χ1) is 8.29. The van der Waals surface area contributed by atoms with Gasteiger partial charge in [0.05, 0.1) is 0 Å². The van der Waals surface area contributed by atoms with E-state index in [9.17, 15) is 4.79 Å². The average molecular weight is 233 g/mol. The number of aromatic nitrogens is 1. The maximum absolute atomic E-state index is 11.2. The zero-order valence-corrected chi connectivity index (χ0v) is 10.3. The van der Waals surface area contributed by atoms with Crippen LogP contribution in [0, 0.1) is 0 Å². The highest BCUT2D eigenvalue weighted by molar-refractivity contribution is 5.76. The van der Waals surface area contributed by atoms with Crippen LogP contribution in [0.25, 0.3) is 0 Å². The predicted molar refractivity (Wildman–Crippen MR) is 68.1 cm³/mol. The van der Waals surface area contributed by atoms with E-state index in [0.717, 1.165) is 18.7 Å². The molecule has 0 radical (unpaired) electrons. The van der Waals surface area contributed by atoms with Gasteiger partial charge in [-0.05, 0) is 37.8 Å². The van der Waals surface area contributed by atoms with Gasteiger partial charge in [-0.3, -0.25) is 4.79 Å². The lowest BCUT2D eigenvalue weighted by atomic mass is 10.2. The second kappa shape index (κ2) is 5.66. The number of aryl methyl sites for hydroxylation is 2. The molecule has 1 heterocycles. The third kappa shape index (κ3) is 3.19. The summed E-state index contributed by atoms with van der Waals surface area (Å²) in [4.78, 5) is 15.8. The molecule has 0 unspecified atom stereocenters. The van der Waals surface area contributed by atoms with Crippen LogP contribution in [-0.4, -0.2) is 24.0 Å². The number of nitrogens with one attached hydrogen (secondary N) is 2. The standard InChI is InChI=1S/C13H19N3O/c1-2-14-13(17)8-9-15-12-7-6-10-4-3-5-11(10)16-12/h6-7H,2-5,8-9H2,1H3,(H,14,17)(H,15,16). The highest BCUT2D eigenvalue weighted by atomic mass is 16.1. The van der Waals surface area contributed by atoms with Crippen LogP contribution in [0.5, 0.6) is 0 Å². The molecule has 1 aliphatic carbocycles. The minimum absolute atomic E-state index is 0.0844. The number of rotatable bonds is 5. The lowest BCUT2D eigenvalue weighted by molar-refractivity contribution is -0.120. The third-order valence-corrected chi connectivity index (χ3v) is 2.96. The molecule has 4 nitrogen and oxygen atoms in total. The van der Waals surface area contributed by atoms with Gasteiger partial charge in [-0.25, -0.2) is 4.98 Å². The van der Waals surface area contributed by atoms with E-state index in [2.05, 4.69) is 21.7 Å². The van der Waals surface area contributed by atoms with Crippen LogP contribution in [0.3, 0.4) is 0 Å². The van der Waals surface area contributed by atoms with Gasteiger partial charge in [0.1, 0.15) is 5.82 Å². The topological polar surface area (TPSA) is 54.0 Å². The maximum atomic E-state index is 11.2. The summed E-state index contributed by atoms with van der Waals surface area (Å²) in [6, 6.07) is 4.14. The molecule has 4 heteroatoms. The van der Waals surface area contributed by atoms with Gasteiger partial charge < -0.3 is 10.6 Å². The van der Waals surface area contributed by atoms with Gasteiger partial charge in [0.25, 0.3) is 0 Å². The quantitative estimate of drug-likeness (QED) is 0.810. The minimum Gasteiger partial charge on any atom is -0.370 e. The Morgan fingerprint density at radius 1 is 1.41 bits per heavy atom. The molecule has 0 aliphatic heterocycles. The van der Waals surface area contributed by atoms with Crippen molar-refractivity contribution >= 4 is 11.7 Å². The Morgan fingerprint density at radius 3 is 3.12 bits per heavy atom. The van der Waals surface area contributed by atoms with Crippen LogP contribution < -0.4 is 10.6 Å². The van der Waals surface area contributed by atoms with Crippen LogP contribution in [0.15, 0.2) is 12.1 Å². The zero-order chi connectivity index (χ0) is 12.1. The summed E-state index contributed by atoms with van der Waals surface area (Å²) in [5.41, 5.74) is 2.59. The summed E-state index contributed by atoms with van der Waals surface area (Å²) < 4.78 is 0. The molecule has 1 aliphatic rings. The molecule has 0 spiro atoms. The van der Waals surface area contributed by atoms with Gasteiger partial charge in [-0.1, -0.05) is 6.07 Å². The lowest BCUT2D eigenvalue weighted by Gasteiger charge is -2.07. The monoisotopic (exact) mass is 233 g/mol. The van der Waals surface area contributed by atoms with Gasteiger partial charge >= 0.3 is 0 Å². The number of carbonyl (C=O) groups excluding carboxylic acids is 1. The van der Waals surface area contributed by atoms with E-state index in [0.29, 0.717) is 19.5 Å². The predicted octanol–water partition coefficient (Wildman–Crippen LogP) is 1.51. The first-order valence-electron chi connectivity index (χ1n) is 6.29. The van der Waals surface area contributed by atoms with Gasteiger partial charge in [0.2, 0.25) is 5.91 Å². The molecular weight excluding hydrogens is 214 g/mol. The lowest BCUT2D eigenvalue weighted by Crippen LogP contribution is -2.24. The van der Waals surface area contributed by atoms with Crippen molar-refractivity contribution in [2.75, 3.05) is 18.4 Å². The summed E-state index contributed by atoms with van der Waals surface area (Å²) in [7, 11) is 0. The molecule has 1 aromatic heterocycles. The molecule has 1 aromatic rings. The number of fused-ring (bicyclic) bond motifs is 1. The number of amides is 1. The Kier molecular flexibility index (Phi) is 3.96. The Balaban J connectivity index is 1.81. The van der Waals surface area contributed by atoms with Gasteiger partial charge in [0.15, 0.2) is 0 Å². The molecule has 0 saturated heterocycles. The smallest absolute Gasteiger partial charge is 0.221 e. The van der Waals surface area contributed by atoms with Crippen molar-refractivity contribution in [3.8, 4) is 0 Å². The highest BCUT2D eigenvalue weighted by Crippen LogP contribution is 2.21. The van der Waals surface area contributed by atoms with Crippen LogP contribution in [0.4, 0.5) is 5.82 Å². The largest absolute Gasteiger partial charge is 0.370 e.